The summed E-state index contributed by atoms with van der Waals surface area (Å²) < 4.78 is 1.72. The summed E-state index contributed by atoms with van der Waals surface area (Å²) in [6.07, 6.45) is 1.09. The number of hydrogen-bond acceptors (Lipinski definition) is 5. The number of piperidine rings is 1. The van der Waals surface area contributed by atoms with E-state index in [2.05, 4.69) is 15.4 Å². The van der Waals surface area contributed by atoms with E-state index in [0.29, 0.717) is 41.3 Å². The molecule has 7 nitrogen and oxygen atoms in total. The third kappa shape index (κ3) is 3.90. The second-order valence-electron chi connectivity index (χ2n) is 9.30. The van der Waals surface area contributed by atoms with E-state index in [1.54, 1.807) is 4.68 Å². The number of thiazole rings is 1. The Kier molecular flexibility index (Phi) is 5.38. The minimum Gasteiger partial charge on any atom is -0.349 e. The molecule has 0 radical (unpaired) electrons. The summed E-state index contributed by atoms with van der Waals surface area (Å²) in [5, 5.41) is 9.76. The molecule has 4 aromatic rings. The molecular weight excluding hydrogens is 482 g/mol. The molecule has 0 spiro atoms. The standard InChI is InChI=1S/C26H24ClN5O2S/c1-14-29-23(24(35-14)15-6-5-7-17(27)10-15)26(34)32-13-16-11-19(16)21(32)12-28-25(33)22-18-8-3-4-9-20(18)31(2)30-22/h3-10,16,19,21H,11-13H2,1-2H3,(H,28,33)/t16-,19-,21+/m0/s1. The van der Waals surface area contributed by atoms with E-state index in [9.17, 15) is 9.59 Å². The maximum Gasteiger partial charge on any atom is 0.274 e. The van der Waals surface area contributed by atoms with E-state index in [1.165, 1.54) is 11.3 Å². The molecule has 2 aromatic carbocycles. The van der Waals surface area contributed by atoms with Crippen molar-refractivity contribution >= 4 is 45.7 Å². The van der Waals surface area contributed by atoms with Gasteiger partial charge in [-0.15, -0.1) is 11.3 Å². The van der Waals surface area contributed by atoms with Crippen LogP contribution in [0.5, 0.6) is 0 Å². The Morgan fingerprint density at radius 1 is 1.17 bits per heavy atom. The van der Waals surface area contributed by atoms with Gasteiger partial charge in [-0.25, -0.2) is 4.98 Å². The topological polar surface area (TPSA) is 80.1 Å². The maximum absolute atomic E-state index is 13.7. The molecule has 2 aliphatic rings. The first-order valence-electron chi connectivity index (χ1n) is 11.6. The molecule has 6 rings (SSSR count). The van der Waals surface area contributed by atoms with Gasteiger partial charge in [0, 0.05) is 30.5 Å². The van der Waals surface area contributed by atoms with Gasteiger partial charge in [-0.3, -0.25) is 14.3 Å². The lowest BCUT2D eigenvalue weighted by atomic mass is 10.1. The molecule has 1 saturated heterocycles. The zero-order valence-corrected chi connectivity index (χ0v) is 20.9. The molecule has 2 aromatic heterocycles. The Morgan fingerprint density at radius 3 is 2.83 bits per heavy atom. The number of fused-ring (bicyclic) bond motifs is 2. The first kappa shape index (κ1) is 22.2. The van der Waals surface area contributed by atoms with Gasteiger partial charge in [0.15, 0.2) is 5.69 Å². The Morgan fingerprint density at radius 2 is 2.00 bits per heavy atom. The van der Waals surface area contributed by atoms with Crippen molar-refractivity contribution in [2.75, 3.05) is 13.1 Å². The number of likely N-dealkylation sites (tertiary alicyclic amines) is 1. The second-order valence-corrected chi connectivity index (χ2v) is 10.9. The molecule has 1 aliphatic heterocycles. The van der Waals surface area contributed by atoms with Gasteiger partial charge in [0.25, 0.3) is 11.8 Å². The van der Waals surface area contributed by atoms with Crippen LogP contribution < -0.4 is 5.32 Å². The van der Waals surface area contributed by atoms with Crippen LogP contribution in [0.15, 0.2) is 48.5 Å². The quantitative estimate of drug-likeness (QED) is 0.431. The van der Waals surface area contributed by atoms with Crippen LogP contribution in [-0.2, 0) is 7.05 Å². The molecule has 3 atom stereocenters. The highest BCUT2D eigenvalue weighted by Gasteiger charge is 2.54. The van der Waals surface area contributed by atoms with E-state index < -0.39 is 0 Å². The van der Waals surface area contributed by atoms with E-state index in [4.69, 9.17) is 11.6 Å². The van der Waals surface area contributed by atoms with Crippen molar-refractivity contribution in [3.8, 4) is 10.4 Å². The number of amides is 2. The highest BCUT2D eigenvalue weighted by molar-refractivity contribution is 7.15. The predicted octanol–water partition coefficient (Wildman–Crippen LogP) is 4.55. The average molecular weight is 506 g/mol. The summed E-state index contributed by atoms with van der Waals surface area (Å²) in [6.45, 7) is 3.00. The average Bonchev–Trinajstić information content (AvgIpc) is 3.18. The van der Waals surface area contributed by atoms with Gasteiger partial charge < -0.3 is 10.2 Å². The Balaban J connectivity index is 1.23. The number of benzene rings is 2. The molecule has 0 unspecified atom stereocenters. The number of aryl methyl sites for hydroxylation is 2. The van der Waals surface area contributed by atoms with Crippen LogP contribution in [0, 0.1) is 18.8 Å². The van der Waals surface area contributed by atoms with Crippen molar-refractivity contribution in [1.29, 1.82) is 0 Å². The number of aromatic nitrogens is 3. The summed E-state index contributed by atoms with van der Waals surface area (Å²) in [6, 6.07) is 15.1. The van der Waals surface area contributed by atoms with Crippen LogP contribution >= 0.6 is 22.9 Å². The number of nitrogens with one attached hydrogen (secondary N) is 1. The van der Waals surface area contributed by atoms with Gasteiger partial charge in [0.1, 0.15) is 5.69 Å². The van der Waals surface area contributed by atoms with E-state index >= 15 is 0 Å². The number of carbonyl (C=O) groups excluding carboxylic acids is 2. The fourth-order valence-electron chi connectivity index (χ4n) is 5.26. The van der Waals surface area contributed by atoms with Crippen LogP contribution in [-0.4, -0.2) is 50.6 Å². The Hall–Kier alpha value is -3.23. The van der Waals surface area contributed by atoms with Gasteiger partial charge in [0.2, 0.25) is 0 Å². The van der Waals surface area contributed by atoms with Gasteiger partial charge in [-0.2, -0.15) is 5.10 Å². The van der Waals surface area contributed by atoms with Gasteiger partial charge in [-0.05, 0) is 48.9 Å². The zero-order valence-electron chi connectivity index (χ0n) is 19.4. The highest BCUT2D eigenvalue weighted by atomic mass is 35.5. The number of halogens is 1. The lowest BCUT2D eigenvalue weighted by Gasteiger charge is -2.27. The Labute approximate surface area is 211 Å². The molecular formula is C26H24ClN5O2S. The van der Waals surface area contributed by atoms with Crippen LogP contribution in [0.2, 0.25) is 5.02 Å². The monoisotopic (exact) mass is 505 g/mol. The second kappa shape index (κ2) is 8.46. The number of para-hydroxylation sites is 1. The number of carbonyl (C=O) groups is 2. The van der Waals surface area contributed by atoms with Crippen LogP contribution in [0.3, 0.4) is 0 Å². The van der Waals surface area contributed by atoms with Crippen molar-refractivity contribution in [2.24, 2.45) is 18.9 Å². The van der Waals surface area contributed by atoms with Gasteiger partial charge in [-0.1, -0.05) is 41.9 Å². The first-order valence-corrected chi connectivity index (χ1v) is 12.8. The van der Waals surface area contributed by atoms with E-state index in [1.807, 2.05) is 67.4 Å². The molecule has 2 amide bonds. The first-order chi connectivity index (χ1) is 16.9. The molecule has 9 heteroatoms. The maximum atomic E-state index is 13.7. The summed E-state index contributed by atoms with van der Waals surface area (Å²) in [5.74, 6) is 0.599. The molecule has 3 heterocycles. The predicted molar refractivity (Wildman–Crippen MR) is 137 cm³/mol. The van der Waals surface area contributed by atoms with E-state index in [-0.39, 0.29) is 17.9 Å². The summed E-state index contributed by atoms with van der Waals surface area (Å²) in [4.78, 5) is 34.1. The fourth-order valence-corrected chi connectivity index (χ4v) is 6.36. The summed E-state index contributed by atoms with van der Waals surface area (Å²) in [7, 11) is 1.83. The van der Waals surface area contributed by atoms with Crippen molar-refractivity contribution < 1.29 is 9.59 Å². The van der Waals surface area contributed by atoms with Crippen LogP contribution in [0.4, 0.5) is 0 Å². The minimum atomic E-state index is -0.220. The number of nitrogens with zero attached hydrogens (tertiary/aromatic N) is 4. The Bertz CT molecular complexity index is 1480. The number of hydrogen-bond donors (Lipinski definition) is 1. The lowest BCUT2D eigenvalue weighted by Crippen LogP contribution is -2.45. The molecule has 35 heavy (non-hydrogen) atoms. The molecule has 1 aliphatic carbocycles. The largest absolute Gasteiger partial charge is 0.349 e. The SMILES string of the molecule is Cc1nc(C(=O)N2C[C@@H]3C[C@@H]3[C@H]2CNC(=O)c2nn(C)c3ccccc23)c(-c2cccc(Cl)c2)s1. The summed E-state index contributed by atoms with van der Waals surface area (Å²) >= 11 is 7.71. The minimum absolute atomic E-state index is 0.0550. The third-order valence-electron chi connectivity index (χ3n) is 7.03. The van der Waals surface area contributed by atoms with Crippen LogP contribution in [0.1, 0.15) is 32.4 Å². The van der Waals surface area contributed by atoms with Gasteiger partial charge >= 0.3 is 0 Å². The highest BCUT2D eigenvalue weighted by Crippen LogP contribution is 2.50. The van der Waals surface area contributed by atoms with Crippen LogP contribution in [0.25, 0.3) is 21.3 Å². The zero-order chi connectivity index (χ0) is 24.3. The van der Waals surface area contributed by atoms with Crippen molar-refractivity contribution in [1.82, 2.24) is 25.0 Å². The molecule has 2 fully saturated rings. The molecule has 178 valence electrons. The van der Waals surface area contributed by atoms with Crippen molar-refractivity contribution in [3.63, 3.8) is 0 Å². The van der Waals surface area contributed by atoms with Gasteiger partial charge in [0.05, 0.1) is 21.4 Å². The molecule has 1 N–H and O–H groups in total. The van der Waals surface area contributed by atoms with Crippen molar-refractivity contribution in [3.05, 3.63) is 69.9 Å². The van der Waals surface area contributed by atoms with Crippen molar-refractivity contribution in [2.45, 2.75) is 19.4 Å². The molecule has 0 bridgehead atoms. The lowest BCUT2D eigenvalue weighted by molar-refractivity contribution is 0.0690. The fraction of sp³-hybridized carbons (Fsp3) is 0.308. The normalized spacial score (nSPS) is 20.8. The third-order valence-corrected chi connectivity index (χ3v) is 8.29. The number of rotatable bonds is 5. The molecule has 1 saturated carbocycles. The van der Waals surface area contributed by atoms with E-state index in [0.717, 1.165) is 32.8 Å². The smallest absolute Gasteiger partial charge is 0.274 e. The summed E-state index contributed by atoms with van der Waals surface area (Å²) in [5.41, 5.74) is 2.67.